The van der Waals surface area contributed by atoms with Crippen LogP contribution in [0.25, 0.3) is 22.2 Å². The van der Waals surface area contributed by atoms with E-state index in [0.717, 1.165) is 34.3 Å². The number of hydrogen-bond acceptors (Lipinski definition) is 2. The van der Waals surface area contributed by atoms with E-state index in [9.17, 15) is 4.79 Å². The van der Waals surface area contributed by atoms with E-state index in [4.69, 9.17) is 0 Å². The van der Waals surface area contributed by atoms with Gasteiger partial charge in [0, 0.05) is 23.7 Å². The molecule has 0 bridgehead atoms. The zero-order chi connectivity index (χ0) is 14.8. The minimum absolute atomic E-state index is 0.0151. The van der Waals surface area contributed by atoms with Gasteiger partial charge in [-0.05, 0) is 36.6 Å². The van der Waals surface area contributed by atoms with Crippen LogP contribution in [0.2, 0.25) is 0 Å². The predicted molar refractivity (Wildman–Crippen MR) is 86.5 cm³/mol. The van der Waals surface area contributed by atoms with Crippen LogP contribution in [0.15, 0.2) is 53.3 Å². The average Bonchev–Trinajstić information content (AvgIpc) is 2.50. The summed E-state index contributed by atoms with van der Waals surface area (Å²) in [5.41, 5.74) is 3.73. The molecule has 0 aliphatic heterocycles. The predicted octanol–water partition coefficient (Wildman–Crippen LogP) is 3.78. The summed E-state index contributed by atoms with van der Waals surface area (Å²) in [5.74, 6) is 0. The average molecular weight is 278 g/mol. The first-order chi connectivity index (χ1) is 10.2. The maximum Gasteiger partial charge on any atom is 0.252 e. The molecule has 0 fully saturated rings. The second kappa shape index (κ2) is 5.52. The molecule has 0 saturated carbocycles. The number of hydrogen-bond donors (Lipinski definition) is 0. The number of fused-ring (bicyclic) bond motifs is 1. The smallest absolute Gasteiger partial charge is 0.252 e. The second-order valence-corrected chi connectivity index (χ2v) is 5.24. The quantitative estimate of drug-likeness (QED) is 0.730. The van der Waals surface area contributed by atoms with Gasteiger partial charge < -0.3 is 0 Å². The van der Waals surface area contributed by atoms with Crippen molar-refractivity contribution in [1.82, 2.24) is 9.55 Å². The highest BCUT2D eigenvalue weighted by Crippen LogP contribution is 2.26. The Kier molecular flexibility index (Phi) is 3.57. The molecule has 106 valence electrons. The van der Waals surface area contributed by atoms with E-state index in [2.05, 4.69) is 18.0 Å². The van der Waals surface area contributed by atoms with Crippen molar-refractivity contribution < 1.29 is 0 Å². The van der Waals surface area contributed by atoms with Gasteiger partial charge >= 0.3 is 0 Å². The van der Waals surface area contributed by atoms with Crippen molar-refractivity contribution in [2.45, 2.75) is 26.8 Å². The van der Waals surface area contributed by atoms with Gasteiger partial charge in [0.25, 0.3) is 5.56 Å². The molecule has 0 radical (unpaired) electrons. The maximum atomic E-state index is 12.5. The molecule has 3 rings (SSSR count). The van der Waals surface area contributed by atoms with Gasteiger partial charge in [0.05, 0.1) is 0 Å². The third kappa shape index (κ3) is 2.47. The summed E-state index contributed by atoms with van der Waals surface area (Å²) in [5, 5.41) is 1.03. The maximum absolute atomic E-state index is 12.5. The van der Waals surface area contributed by atoms with Crippen LogP contribution in [0.1, 0.15) is 19.0 Å². The Bertz CT molecular complexity index is 835. The van der Waals surface area contributed by atoms with E-state index >= 15 is 0 Å². The van der Waals surface area contributed by atoms with Gasteiger partial charge in [-0.2, -0.15) is 0 Å². The minimum Gasteiger partial charge on any atom is -0.293 e. The van der Waals surface area contributed by atoms with Crippen molar-refractivity contribution in [3.8, 4) is 11.1 Å². The third-order valence-corrected chi connectivity index (χ3v) is 3.63. The fourth-order valence-corrected chi connectivity index (χ4v) is 2.64. The standard InChI is InChI=1S/C18H18N2O/c1-3-11-20-17(21)12-16(14-7-5-4-6-8-14)15-10-9-13(2)19-18(15)20/h4-10,12H,3,11H2,1-2H3. The van der Waals surface area contributed by atoms with Gasteiger partial charge in [-0.25, -0.2) is 4.98 Å². The van der Waals surface area contributed by atoms with Crippen molar-refractivity contribution in [2.24, 2.45) is 0 Å². The first-order valence-corrected chi connectivity index (χ1v) is 7.27. The zero-order valence-corrected chi connectivity index (χ0v) is 12.3. The number of rotatable bonds is 3. The van der Waals surface area contributed by atoms with Crippen LogP contribution in [0.3, 0.4) is 0 Å². The monoisotopic (exact) mass is 278 g/mol. The van der Waals surface area contributed by atoms with Gasteiger partial charge in [-0.15, -0.1) is 0 Å². The summed E-state index contributed by atoms with van der Waals surface area (Å²) in [6, 6.07) is 15.8. The molecule has 2 aromatic heterocycles. The van der Waals surface area contributed by atoms with E-state index < -0.39 is 0 Å². The van der Waals surface area contributed by atoms with E-state index in [1.54, 1.807) is 10.6 Å². The Balaban J connectivity index is 2.38. The molecule has 2 heterocycles. The van der Waals surface area contributed by atoms with Gasteiger partial charge in [0.1, 0.15) is 5.65 Å². The normalized spacial score (nSPS) is 11.0. The number of benzene rings is 1. The molecule has 3 nitrogen and oxygen atoms in total. The largest absolute Gasteiger partial charge is 0.293 e. The summed E-state index contributed by atoms with van der Waals surface area (Å²) in [4.78, 5) is 17.1. The van der Waals surface area contributed by atoms with Crippen molar-refractivity contribution in [3.05, 3.63) is 64.6 Å². The van der Waals surface area contributed by atoms with Crippen molar-refractivity contribution >= 4 is 11.0 Å². The minimum atomic E-state index is 0.0151. The lowest BCUT2D eigenvalue weighted by atomic mass is 10.0. The summed E-state index contributed by atoms with van der Waals surface area (Å²) < 4.78 is 1.77. The van der Waals surface area contributed by atoms with Crippen LogP contribution < -0.4 is 5.56 Å². The van der Waals surface area contributed by atoms with E-state index in [0.29, 0.717) is 6.54 Å². The van der Waals surface area contributed by atoms with Crippen LogP contribution in [-0.2, 0) is 6.54 Å². The fourth-order valence-electron chi connectivity index (χ4n) is 2.64. The van der Waals surface area contributed by atoms with Crippen molar-refractivity contribution in [2.75, 3.05) is 0 Å². The Labute approximate surface area is 123 Å². The van der Waals surface area contributed by atoms with E-state index in [1.807, 2.05) is 43.3 Å². The molecule has 0 atom stereocenters. The van der Waals surface area contributed by atoms with Crippen LogP contribution in [0.4, 0.5) is 0 Å². The molecular formula is C18H18N2O. The molecule has 0 spiro atoms. The number of nitrogens with zero attached hydrogens (tertiary/aromatic N) is 2. The van der Waals surface area contributed by atoms with Crippen molar-refractivity contribution in [3.63, 3.8) is 0 Å². The Hall–Kier alpha value is -2.42. The lowest BCUT2D eigenvalue weighted by Crippen LogP contribution is -2.21. The number of pyridine rings is 2. The van der Waals surface area contributed by atoms with Gasteiger partial charge in [-0.3, -0.25) is 9.36 Å². The lowest BCUT2D eigenvalue weighted by Gasteiger charge is -2.12. The van der Waals surface area contributed by atoms with Crippen LogP contribution >= 0.6 is 0 Å². The molecular weight excluding hydrogens is 260 g/mol. The highest BCUT2D eigenvalue weighted by molar-refractivity contribution is 5.92. The lowest BCUT2D eigenvalue weighted by molar-refractivity contribution is 0.671. The molecule has 0 saturated heterocycles. The molecule has 3 aromatic rings. The summed E-state index contributed by atoms with van der Waals surface area (Å²) in [6.45, 7) is 4.72. The van der Waals surface area contributed by atoms with Gasteiger partial charge in [0.15, 0.2) is 0 Å². The number of aromatic nitrogens is 2. The third-order valence-electron chi connectivity index (χ3n) is 3.63. The molecule has 0 N–H and O–H groups in total. The molecule has 0 aliphatic rings. The van der Waals surface area contributed by atoms with E-state index in [-0.39, 0.29) is 5.56 Å². The first kappa shape index (κ1) is 13.6. The van der Waals surface area contributed by atoms with Crippen LogP contribution in [-0.4, -0.2) is 9.55 Å². The highest BCUT2D eigenvalue weighted by atomic mass is 16.1. The van der Waals surface area contributed by atoms with Crippen LogP contribution in [0.5, 0.6) is 0 Å². The summed E-state index contributed by atoms with van der Waals surface area (Å²) in [6.07, 6.45) is 0.912. The molecule has 1 aromatic carbocycles. The Morgan fingerprint density at radius 2 is 1.86 bits per heavy atom. The fraction of sp³-hybridized carbons (Fsp3) is 0.222. The molecule has 0 unspecified atom stereocenters. The Morgan fingerprint density at radius 3 is 2.57 bits per heavy atom. The Morgan fingerprint density at radius 1 is 1.10 bits per heavy atom. The zero-order valence-electron chi connectivity index (χ0n) is 12.3. The van der Waals surface area contributed by atoms with Gasteiger partial charge in [-0.1, -0.05) is 37.3 Å². The number of aryl methyl sites for hydroxylation is 2. The SMILES string of the molecule is CCCn1c(=O)cc(-c2ccccc2)c2ccc(C)nc21. The molecule has 0 aliphatic carbocycles. The second-order valence-electron chi connectivity index (χ2n) is 5.24. The summed E-state index contributed by atoms with van der Waals surface area (Å²) in [7, 11) is 0. The van der Waals surface area contributed by atoms with Crippen LogP contribution in [0, 0.1) is 6.92 Å². The summed E-state index contributed by atoms with van der Waals surface area (Å²) >= 11 is 0. The highest BCUT2D eigenvalue weighted by Gasteiger charge is 2.11. The molecule has 3 heteroatoms. The van der Waals surface area contributed by atoms with E-state index in [1.165, 1.54) is 0 Å². The topological polar surface area (TPSA) is 34.9 Å². The van der Waals surface area contributed by atoms with Gasteiger partial charge in [0.2, 0.25) is 0 Å². The first-order valence-electron chi connectivity index (χ1n) is 7.27. The molecule has 0 amide bonds. The van der Waals surface area contributed by atoms with Crippen molar-refractivity contribution in [1.29, 1.82) is 0 Å². The molecule has 21 heavy (non-hydrogen) atoms.